The van der Waals surface area contributed by atoms with E-state index in [2.05, 4.69) is 55.8 Å². The van der Waals surface area contributed by atoms with Crippen molar-refractivity contribution < 1.29 is 28.3 Å². The number of aromatic nitrogens is 1. The van der Waals surface area contributed by atoms with Gasteiger partial charge < -0.3 is 19.4 Å². The van der Waals surface area contributed by atoms with Gasteiger partial charge in [0.05, 0.1) is 29.3 Å². The molecule has 1 saturated heterocycles. The zero-order valence-electron chi connectivity index (χ0n) is 35.8. The summed E-state index contributed by atoms with van der Waals surface area (Å²) in [5.41, 5.74) is 4.41. The van der Waals surface area contributed by atoms with E-state index in [1.165, 1.54) is 5.01 Å². The first kappa shape index (κ1) is 43.4. The van der Waals surface area contributed by atoms with Gasteiger partial charge in [0, 0.05) is 19.0 Å². The minimum Gasteiger partial charge on any atom is -0.451 e. The number of pyridine rings is 1. The summed E-state index contributed by atoms with van der Waals surface area (Å²) in [5.74, 6) is -2.27. The number of rotatable bonds is 6. The summed E-state index contributed by atoms with van der Waals surface area (Å²) in [5, 5.41) is 6.97. The van der Waals surface area contributed by atoms with Crippen molar-refractivity contribution in [3.63, 3.8) is 0 Å². The number of hydrogen-bond acceptors (Lipinski definition) is 8. The number of cyclic esters (lactones) is 1. The van der Waals surface area contributed by atoms with E-state index in [9.17, 15) is 19.2 Å². The minimum atomic E-state index is -3.18. The van der Waals surface area contributed by atoms with Crippen molar-refractivity contribution in [1.29, 1.82) is 0 Å². The van der Waals surface area contributed by atoms with Gasteiger partial charge in [0.2, 0.25) is 5.91 Å². The predicted octanol–water partition coefficient (Wildman–Crippen LogP) is 5.93. The van der Waals surface area contributed by atoms with Gasteiger partial charge in [-0.15, -0.1) is 0 Å². The summed E-state index contributed by atoms with van der Waals surface area (Å²) in [4.78, 5) is 63.9. The average Bonchev–Trinajstić information content (AvgIpc) is 3.23. The van der Waals surface area contributed by atoms with Crippen molar-refractivity contribution in [2.24, 2.45) is 11.3 Å². The Morgan fingerprint density at radius 2 is 1.54 bits per heavy atom. The van der Waals surface area contributed by atoms with E-state index in [0.717, 1.165) is 32.5 Å². The highest BCUT2D eigenvalue weighted by Crippen LogP contribution is 2.37. The Hall–Kier alpha value is -5.17. The van der Waals surface area contributed by atoms with Gasteiger partial charge in [-0.3, -0.25) is 29.2 Å². The lowest BCUT2D eigenvalue weighted by atomic mass is 9.92. The lowest BCUT2D eigenvalue weighted by Gasteiger charge is -2.44. The third-order valence-corrected chi connectivity index (χ3v) is 16.7. The highest BCUT2D eigenvalue weighted by molar-refractivity contribution is 6.99. The number of fused-ring (bicyclic) bond motifs is 4. The second-order valence-electron chi connectivity index (χ2n) is 17.8. The second-order valence-corrected chi connectivity index (χ2v) is 22.1. The van der Waals surface area contributed by atoms with Crippen LogP contribution in [0.4, 0.5) is 0 Å². The molecule has 0 saturated carbocycles. The fraction of sp³-hybridized carbons (Fsp3) is 0.426. The summed E-state index contributed by atoms with van der Waals surface area (Å²) in [6.07, 6.45) is 3.46. The number of hydrogen-bond donors (Lipinski definition) is 2. The summed E-state index contributed by atoms with van der Waals surface area (Å²) in [6.45, 7) is 15.6. The van der Waals surface area contributed by atoms with Crippen LogP contribution in [-0.2, 0) is 28.3 Å². The maximum atomic E-state index is 14.9. The average molecular weight is 818 g/mol. The molecule has 0 unspecified atom stereocenters. The monoisotopic (exact) mass is 817 g/mol. The van der Waals surface area contributed by atoms with Gasteiger partial charge in [-0.05, 0) is 72.6 Å². The Morgan fingerprint density at radius 1 is 0.915 bits per heavy atom. The first-order valence-corrected chi connectivity index (χ1v) is 22.5. The number of nitrogens with one attached hydrogen (secondary N) is 2. The number of ether oxygens (including phenoxy) is 1. The molecule has 4 aromatic rings. The molecule has 1 fully saturated rings. The zero-order chi connectivity index (χ0) is 42.7. The zero-order valence-corrected chi connectivity index (χ0v) is 36.8. The van der Waals surface area contributed by atoms with Gasteiger partial charge >= 0.3 is 5.97 Å². The van der Waals surface area contributed by atoms with Gasteiger partial charge in [-0.25, -0.2) is 5.43 Å². The number of carbonyl (C=O) groups is 4. The normalized spacial score (nSPS) is 22.4. The lowest BCUT2D eigenvalue weighted by Crippen LogP contribution is -2.68. The van der Waals surface area contributed by atoms with Gasteiger partial charge in [0.1, 0.15) is 12.1 Å². The Kier molecular flexibility index (Phi) is 12.9. The largest absolute Gasteiger partial charge is 0.451 e. The smallest absolute Gasteiger partial charge is 0.316 e. The molecule has 0 aliphatic carbocycles. The molecule has 2 aliphatic heterocycles. The molecule has 3 aromatic carbocycles. The summed E-state index contributed by atoms with van der Waals surface area (Å²) in [6, 6.07) is 27.6. The highest BCUT2D eigenvalue weighted by Gasteiger charge is 2.51. The molecule has 2 aliphatic rings. The van der Waals surface area contributed by atoms with Crippen LogP contribution in [0.5, 0.6) is 0 Å². The van der Waals surface area contributed by atoms with E-state index in [-0.39, 0.29) is 18.6 Å². The molecule has 0 radical (unpaired) electrons. The Bertz CT molecular complexity index is 2150. The van der Waals surface area contributed by atoms with Crippen LogP contribution in [0.1, 0.15) is 85.5 Å². The molecule has 5 bridgehead atoms. The topological polar surface area (TPSA) is 130 Å². The van der Waals surface area contributed by atoms with Crippen molar-refractivity contribution in [1.82, 2.24) is 25.6 Å². The van der Waals surface area contributed by atoms with E-state index in [0.29, 0.717) is 19.4 Å². The van der Waals surface area contributed by atoms with Crippen LogP contribution in [0.3, 0.4) is 0 Å². The van der Waals surface area contributed by atoms with E-state index in [1.807, 2.05) is 79.7 Å². The molecule has 3 heterocycles. The second kappa shape index (κ2) is 17.6. The van der Waals surface area contributed by atoms with Gasteiger partial charge in [-0.1, -0.05) is 126 Å². The maximum Gasteiger partial charge on any atom is 0.316 e. The number of likely N-dealkylation sites (N-methyl/N-ethyl adjacent to an activating group) is 1. The number of nitrogens with zero attached hydrogens (tertiary/aromatic N) is 3. The van der Waals surface area contributed by atoms with Crippen molar-refractivity contribution >= 4 is 59.4 Å². The van der Waals surface area contributed by atoms with Crippen LogP contribution in [0, 0.1) is 11.3 Å². The number of esters is 1. The summed E-state index contributed by atoms with van der Waals surface area (Å²) >= 11 is 0. The van der Waals surface area contributed by atoms with Crippen LogP contribution in [0.15, 0.2) is 97.1 Å². The lowest BCUT2D eigenvalue weighted by molar-refractivity contribution is -0.165. The fourth-order valence-electron chi connectivity index (χ4n) is 7.96. The Labute approximate surface area is 349 Å². The molecule has 11 nitrogen and oxygen atoms in total. The molecule has 0 spiro atoms. The number of amides is 3. The third-order valence-electron chi connectivity index (χ3n) is 11.7. The van der Waals surface area contributed by atoms with Crippen LogP contribution >= 0.6 is 0 Å². The van der Waals surface area contributed by atoms with Crippen molar-refractivity contribution in [3.8, 4) is 0 Å². The number of hydrazine groups is 1. The fourth-order valence-corrected chi connectivity index (χ4v) is 12.5. The van der Waals surface area contributed by atoms with Gasteiger partial charge in [0.25, 0.3) is 20.1 Å². The Balaban J connectivity index is 1.42. The molecule has 12 heteroatoms. The van der Waals surface area contributed by atoms with Crippen molar-refractivity contribution in [3.05, 3.63) is 108 Å². The minimum absolute atomic E-state index is 0.175. The highest BCUT2D eigenvalue weighted by atomic mass is 28.4. The van der Waals surface area contributed by atoms with Crippen LogP contribution in [0.2, 0.25) is 5.04 Å². The predicted molar refractivity (Wildman–Crippen MR) is 234 cm³/mol. The quantitative estimate of drug-likeness (QED) is 0.181. The molecule has 6 rings (SSSR count). The first-order chi connectivity index (χ1) is 27.9. The third kappa shape index (κ3) is 9.20. The van der Waals surface area contributed by atoms with E-state index in [4.69, 9.17) is 14.1 Å². The van der Waals surface area contributed by atoms with Crippen LogP contribution in [-0.4, -0.2) is 85.3 Å². The SMILES string of the molecule is CC(C)[C@@H]1OC(=O)C(C)(C)C=Cc2ccc3ccc(nc3c2)[C@@H](C)N(C)C(=O)[C@@H]2CCCN(N2)C(=O)[C@H](CO[Si](c2ccccc2)(c2ccccc2)C(C)(C)C)NC1=O. The standard InChI is InChI=1S/C47H59N5O6Si/c1-31(2)41-42(53)49-40(30-57-59(46(4,5)6,35-17-12-10-13-18-35)36-19-14-11-15-20-36)44(55)52-28-16-21-38(50-52)43(54)51(9)32(3)37-25-24-34-23-22-33(29-39(34)48-37)26-27-47(7,8)45(56)58-41/h10-15,17-20,22-27,29,31-32,38,40-41,50H,16,21,28,30H2,1-9H3,(H,49,53)/t32-,38+,40+,41+/m1/s1. The van der Waals surface area contributed by atoms with Gasteiger partial charge in [0.15, 0.2) is 6.10 Å². The van der Waals surface area contributed by atoms with Crippen molar-refractivity contribution in [2.75, 3.05) is 20.2 Å². The Morgan fingerprint density at radius 3 is 2.15 bits per heavy atom. The van der Waals surface area contributed by atoms with Crippen molar-refractivity contribution in [2.45, 2.75) is 97.5 Å². The van der Waals surface area contributed by atoms with Crippen LogP contribution < -0.4 is 21.1 Å². The molecule has 4 atom stereocenters. The molecule has 312 valence electrons. The first-order valence-electron chi connectivity index (χ1n) is 20.6. The van der Waals surface area contributed by atoms with E-state index >= 15 is 0 Å². The molecule has 1 aromatic heterocycles. The van der Waals surface area contributed by atoms with E-state index < -0.39 is 60.7 Å². The number of carbonyl (C=O) groups excluding carboxylic acids is 4. The molecular weight excluding hydrogens is 759 g/mol. The maximum absolute atomic E-state index is 14.9. The number of benzene rings is 3. The van der Waals surface area contributed by atoms with Gasteiger partial charge in [-0.2, -0.15) is 0 Å². The molecular formula is C47H59N5O6Si. The van der Waals surface area contributed by atoms with Crippen LogP contribution in [0.25, 0.3) is 17.0 Å². The van der Waals surface area contributed by atoms with E-state index in [1.54, 1.807) is 45.7 Å². The molecule has 3 amide bonds. The molecule has 2 N–H and O–H groups in total. The summed E-state index contributed by atoms with van der Waals surface area (Å²) < 4.78 is 13.2. The molecule has 59 heavy (non-hydrogen) atoms. The summed E-state index contributed by atoms with van der Waals surface area (Å²) in [7, 11) is -1.42.